The number of fused-ring (bicyclic) bond motifs is 2. The Morgan fingerprint density at radius 3 is 2.92 bits per heavy atom. The number of aromatic amines is 1. The summed E-state index contributed by atoms with van der Waals surface area (Å²) < 4.78 is 10.7. The molecule has 0 spiro atoms. The number of nitrogens with two attached hydrogens (primary N) is 1. The van der Waals surface area contributed by atoms with Gasteiger partial charge >= 0.3 is 0 Å². The summed E-state index contributed by atoms with van der Waals surface area (Å²) in [6, 6.07) is 9.10. The molecule has 3 aromatic rings. The highest BCUT2D eigenvalue weighted by molar-refractivity contribution is 5.86. The zero-order chi connectivity index (χ0) is 17.4. The second kappa shape index (κ2) is 5.99. The van der Waals surface area contributed by atoms with Gasteiger partial charge in [-0.1, -0.05) is 6.07 Å². The Morgan fingerprint density at radius 2 is 2.08 bits per heavy atom. The quantitative estimate of drug-likeness (QED) is 0.529. The predicted molar refractivity (Wildman–Crippen MR) is 92.6 cm³/mol. The van der Waals surface area contributed by atoms with Gasteiger partial charge in [0.15, 0.2) is 11.5 Å². The van der Waals surface area contributed by atoms with E-state index in [2.05, 4.69) is 15.3 Å². The van der Waals surface area contributed by atoms with E-state index in [1.165, 1.54) is 0 Å². The Balaban J connectivity index is 1.61. The van der Waals surface area contributed by atoms with E-state index in [9.17, 15) is 9.90 Å². The van der Waals surface area contributed by atoms with Crippen molar-refractivity contribution in [3.05, 3.63) is 51.9 Å². The molecule has 128 valence electrons. The number of benzene rings is 2. The molecule has 8 nitrogen and oxygen atoms in total. The number of aliphatic hydroxyl groups is 1. The monoisotopic (exact) mass is 340 g/mol. The van der Waals surface area contributed by atoms with Gasteiger partial charge in [-0.15, -0.1) is 0 Å². The van der Waals surface area contributed by atoms with Gasteiger partial charge in [-0.05, 0) is 29.8 Å². The fraction of sp³-hybridized carbons (Fsp3) is 0.176. The third-order valence-electron chi connectivity index (χ3n) is 4.00. The van der Waals surface area contributed by atoms with Crippen LogP contribution in [0.2, 0.25) is 0 Å². The van der Waals surface area contributed by atoms with Crippen LogP contribution >= 0.6 is 0 Å². The van der Waals surface area contributed by atoms with Crippen LogP contribution in [0.4, 0.5) is 11.4 Å². The maximum atomic E-state index is 11.7. The van der Waals surface area contributed by atoms with Gasteiger partial charge in [0, 0.05) is 6.54 Å². The Hall–Kier alpha value is -3.26. The standard InChI is InChI=1S/C17H16N4O4/c18-10-4-12-13(20-14(7-22)17(23)21-12)5-11(10)19-6-9-1-2-15-16(3-9)25-8-24-15/h1-5,19,22H,6-8,18H2,(H,21,23). The first kappa shape index (κ1) is 15.3. The Morgan fingerprint density at radius 1 is 1.24 bits per heavy atom. The molecule has 0 radical (unpaired) electrons. The van der Waals surface area contributed by atoms with Gasteiger partial charge in [-0.3, -0.25) is 4.79 Å². The van der Waals surface area contributed by atoms with Crippen LogP contribution in [0.25, 0.3) is 11.0 Å². The van der Waals surface area contributed by atoms with E-state index in [0.717, 1.165) is 17.1 Å². The van der Waals surface area contributed by atoms with E-state index in [-0.39, 0.29) is 12.5 Å². The average Bonchev–Trinajstić information content (AvgIpc) is 3.07. The van der Waals surface area contributed by atoms with Crippen molar-refractivity contribution in [3.8, 4) is 11.5 Å². The molecule has 1 aliphatic rings. The van der Waals surface area contributed by atoms with Crippen LogP contribution < -0.4 is 26.1 Å². The lowest BCUT2D eigenvalue weighted by atomic mass is 10.2. The molecule has 0 atom stereocenters. The Labute approximate surface area is 142 Å². The molecule has 2 heterocycles. The molecule has 0 amide bonds. The summed E-state index contributed by atoms with van der Waals surface area (Å²) in [5.41, 5.74) is 8.96. The number of hydrogen-bond acceptors (Lipinski definition) is 7. The zero-order valence-electron chi connectivity index (χ0n) is 13.2. The summed E-state index contributed by atoms with van der Waals surface area (Å²) in [7, 11) is 0. The zero-order valence-corrected chi connectivity index (χ0v) is 13.2. The minimum absolute atomic E-state index is 0.0685. The number of hydrogen-bond donors (Lipinski definition) is 4. The van der Waals surface area contributed by atoms with Gasteiger partial charge in [0.25, 0.3) is 5.56 Å². The second-order valence-corrected chi connectivity index (χ2v) is 5.67. The van der Waals surface area contributed by atoms with Crippen molar-refractivity contribution in [2.45, 2.75) is 13.2 Å². The predicted octanol–water partition coefficient (Wildman–Crippen LogP) is 1.34. The van der Waals surface area contributed by atoms with E-state index in [1.54, 1.807) is 12.1 Å². The summed E-state index contributed by atoms with van der Waals surface area (Å²) in [6.45, 7) is 0.346. The van der Waals surface area contributed by atoms with E-state index in [1.807, 2.05) is 18.2 Å². The van der Waals surface area contributed by atoms with Gasteiger partial charge in [0.1, 0.15) is 5.69 Å². The minimum atomic E-state index is -0.421. The number of nitrogens with one attached hydrogen (secondary N) is 2. The molecule has 0 fully saturated rings. The lowest BCUT2D eigenvalue weighted by Gasteiger charge is -2.11. The second-order valence-electron chi connectivity index (χ2n) is 5.67. The molecule has 2 aromatic carbocycles. The molecular formula is C17H16N4O4. The number of aromatic nitrogens is 2. The highest BCUT2D eigenvalue weighted by Gasteiger charge is 2.13. The maximum absolute atomic E-state index is 11.7. The summed E-state index contributed by atoms with van der Waals surface area (Å²) in [5.74, 6) is 1.45. The molecular weight excluding hydrogens is 324 g/mol. The van der Waals surface area contributed by atoms with Gasteiger partial charge in [-0.2, -0.15) is 0 Å². The SMILES string of the molecule is Nc1cc2[nH]c(=O)c(CO)nc2cc1NCc1ccc2c(c1)OCO2. The Kier molecular flexibility index (Phi) is 3.66. The van der Waals surface area contributed by atoms with Gasteiger partial charge in [-0.25, -0.2) is 4.98 Å². The fourth-order valence-corrected chi connectivity index (χ4v) is 2.70. The third-order valence-corrected chi connectivity index (χ3v) is 4.00. The van der Waals surface area contributed by atoms with Gasteiger partial charge in [0.2, 0.25) is 6.79 Å². The largest absolute Gasteiger partial charge is 0.454 e. The highest BCUT2D eigenvalue weighted by Crippen LogP contribution is 2.33. The smallest absolute Gasteiger partial charge is 0.272 e. The molecule has 0 aliphatic carbocycles. The number of aliphatic hydroxyl groups excluding tert-OH is 1. The molecule has 0 unspecified atom stereocenters. The minimum Gasteiger partial charge on any atom is -0.454 e. The first-order chi connectivity index (χ1) is 12.1. The van der Waals surface area contributed by atoms with Gasteiger partial charge in [0.05, 0.1) is 29.0 Å². The fourth-order valence-electron chi connectivity index (χ4n) is 2.70. The summed E-state index contributed by atoms with van der Waals surface area (Å²) in [6.07, 6.45) is 0. The maximum Gasteiger partial charge on any atom is 0.272 e. The number of nitrogens with zero attached hydrogens (tertiary/aromatic N) is 1. The molecule has 0 saturated carbocycles. The number of rotatable bonds is 4. The van der Waals surface area contributed by atoms with Crippen molar-refractivity contribution in [1.29, 1.82) is 0 Å². The van der Waals surface area contributed by atoms with Crippen molar-refractivity contribution in [3.63, 3.8) is 0 Å². The van der Waals surface area contributed by atoms with E-state index < -0.39 is 12.2 Å². The lowest BCUT2D eigenvalue weighted by Crippen LogP contribution is -2.15. The molecule has 8 heteroatoms. The first-order valence-electron chi connectivity index (χ1n) is 7.70. The summed E-state index contributed by atoms with van der Waals surface area (Å²) in [4.78, 5) is 18.5. The number of ether oxygens (including phenoxy) is 2. The van der Waals surface area contributed by atoms with Crippen molar-refractivity contribution >= 4 is 22.4 Å². The van der Waals surface area contributed by atoms with Crippen molar-refractivity contribution in [2.75, 3.05) is 17.8 Å². The van der Waals surface area contributed by atoms with Crippen molar-refractivity contribution in [2.24, 2.45) is 0 Å². The van der Waals surface area contributed by atoms with E-state index in [4.69, 9.17) is 15.2 Å². The van der Waals surface area contributed by atoms with Crippen LogP contribution in [0.15, 0.2) is 35.1 Å². The number of nitrogen functional groups attached to an aromatic ring is 1. The van der Waals surface area contributed by atoms with E-state index >= 15 is 0 Å². The van der Waals surface area contributed by atoms with Crippen LogP contribution in [0.5, 0.6) is 11.5 Å². The molecule has 0 bridgehead atoms. The topological polar surface area (TPSA) is 122 Å². The lowest BCUT2D eigenvalue weighted by molar-refractivity contribution is 0.174. The van der Waals surface area contributed by atoms with Crippen LogP contribution in [-0.4, -0.2) is 21.9 Å². The van der Waals surface area contributed by atoms with Crippen LogP contribution in [0.1, 0.15) is 11.3 Å². The molecule has 1 aromatic heterocycles. The summed E-state index contributed by atoms with van der Waals surface area (Å²) >= 11 is 0. The summed E-state index contributed by atoms with van der Waals surface area (Å²) in [5, 5.41) is 12.4. The van der Waals surface area contributed by atoms with Crippen LogP contribution in [-0.2, 0) is 13.2 Å². The first-order valence-corrected chi connectivity index (χ1v) is 7.70. The van der Waals surface area contributed by atoms with Crippen LogP contribution in [0.3, 0.4) is 0 Å². The number of anilines is 2. The molecule has 25 heavy (non-hydrogen) atoms. The molecule has 4 rings (SSSR count). The van der Waals surface area contributed by atoms with Crippen molar-refractivity contribution < 1.29 is 14.6 Å². The number of H-pyrrole nitrogens is 1. The Bertz CT molecular complexity index is 1020. The van der Waals surface area contributed by atoms with Gasteiger partial charge < -0.3 is 30.6 Å². The molecule has 0 saturated heterocycles. The highest BCUT2D eigenvalue weighted by atomic mass is 16.7. The average molecular weight is 340 g/mol. The normalized spacial score (nSPS) is 12.5. The molecule has 1 aliphatic heterocycles. The third kappa shape index (κ3) is 2.83. The van der Waals surface area contributed by atoms with Crippen LogP contribution in [0, 0.1) is 0 Å². The van der Waals surface area contributed by atoms with Crippen molar-refractivity contribution in [1.82, 2.24) is 9.97 Å². The molecule has 5 N–H and O–H groups in total. The van der Waals surface area contributed by atoms with E-state index in [0.29, 0.717) is 29.0 Å².